The van der Waals surface area contributed by atoms with Gasteiger partial charge in [-0.3, -0.25) is 4.79 Å². The van der Waals surface area contributed by atoms with Gasteiger partial charge in [0.15, 0.2) is 5.76 Å². The van der Waals surface area contributed by atoms with Gasteiger partial charge in [-0.25, -0.2) is 9.69 Å². The summed E-state index contributed by atoms with van der Waals surface area (Å²) in [7, 11) is 0. The number of benzene rings is 3. The van der Waals surface area contributed by atoms with Crippen LogP contribution in [-0.4, -0.2) is 28.9 Å². The SMILES string of the molecule is CCOC(=O)N(c1ccccc1)c1c(C)noc1-c1ccc(-c2ccc(C3(C(=O)O)CC3)cc2)cc1. The van der Waals surface area contributed by atoms with Crippen molar-refractivity contribution in [1.82, 2.24) is 5.16 Å². The van der Waals surface area contributed by atoms with Crippen molar-refractivity contribution in [2.75, 3.05) is 11.5 Å². The molecule has 36 heavy (non-hydrogen) atoms. The normalized spacial score (nSPS) is 13.7. The molecule has 1 fully saturated rings. The van der Waals surface area contributed by atoms with E-state index in [0.29, 0.717) is 35.7 Å². The summed E-state index contributed by atoms with van der Waals surface area (Å²) in [6, 6.07) is 24.7. The predicted octanol–water partition coefficient (Wildman–Crippen LogP) is 6.73. The molecule has 0 radical (unpaired) electrons. The van der Waals surface area contributed by atoms with Crippen molar-refractivity contribution < 1.29 is 24.0 Å². The van der Waals surface area contributed by atoms with E-state index in [4.69, 9.17) is 9.26 Å². The molecule has 7 nitrogen and oxygen atoms in total. The number of nitrogens with zero attached hydrogens (tertiary/aromatic N) is 2. The molecule has 0 saturated heterocycles. The van der Waals surface area contributed by atoms with Crippen LogP contribution < -0.4 is 4.90 Å². The summed E-state index contributed by atoms with van der Waals surface area (Å²) in [5.41, 5.74) is 4.60. The number of carboxylic acid groups (broad SMARTS) is 1. The quantitative estimate of drug-likeness (QED) is 0.314. The number of carboxylic acids is 1. The maximum absolute atomic E-state index is 13.0. The van der Waals surface area contributed by atoms with Crippen LogP contribution in [0, 0.1) is 6.92 Å². The lowest BCUT2D eigenvalue weighted by Gasteiger charge is -2.22. The Kier molecular flexibility index (Phi) is 6.06. The molecule has 1 aromatic heterocycles. The first-order valence-electron chi connectivity index (χ1n) is 11.9. The zero-order valence-electron chi connectivity index (χ0n) is 20.1. The van der Waals surface area contributed by atoms with Crippen LogP contribution >= 0.6 is 0 Å². The van der Waals surface area contributed by atoms with E-state index >= 15 is 0 Å². The molecule has 3 aromatic carbocycles. The number of aliphatic carboxylic acids is 1. The smallest absolute Gasteiger partial charge is 0.419 e. The second-order valence-corrected chi connectivity index (χ2v) is 8.86. The Hall–Kier alpha value is -4.39. The number of hydrogen-bond donors (Lipinski definition) is 1. The van der Waals surface area contributed by atoms with Crippen molar-refractivity contribution in [1.29, 1.82) is 0 Å². The van der Waals surface area contributed by atoms with Crippen molar-refractivity contribution in [3.05, 3.63) is 90.1 Å². The van der Waals surface area contributed by atoms with Gasteiger partial charge in [0.1, 0.15) is 11.4 Å². The fourth-order valence-electron chi connectivity index (χ4n) is 4.46. The molecule has 0 aliphatic heterocycles. The van der Waals surface area contributed by atoms with Crippen LogP contribution in [0.5, 0.6) is 0 Å². The number of para-hydroxylation sites is 1. The van der Waals surface area contributed by atoms with Crippen LogP contribution in [0.2, 0.25) is 0 Å². The topological polar surface area (TPSA) is 92.9 Å². The summed E-state index contributed by atoms with van der Waals surface area (Å²) in [5, 5.41) is 13.7. The molecule has 0 bridgehead atoms. The lowest BCUT2D eigenvalue weighted by Crippen LogP contribution is -2.27. The first kappa shape index (κ1) is 23.4. The van der Waals surface area contributed by atoms with Crippen molar-refractivity contribution in [2.45, 2.75) is 32.1 Å². The molecule has 0 atom stereocenters. The average molecular weight is 483 g/mol. The van der Waals surface area contributed by atoms with Crippen molar-refractivity contribution in [3.8, 4) is 22.5 Å². The van der Waals surface area contributed by atoms with Gasteiger partial charge in [-0.15, -0.1) is 0 Å². The summed E-state index contributed by atoms with van der Waals surface area (Å²) >= 11 is 0. The zero-order chi connectivity index (χ0) is 25.3. The third-order valence-corrected chi connectivity index (χ3v) is 6.60. The number of aryl methyl sites for hydroxylation is 1. The van der Waals surface area contributed by atoms with E-state index < -0.39 is 17.5 Å². The Bertz CT molecular complexity index is 1390. The van der Waals surface area contributed by atoms with Crippen molar-refractivity contribution in [2.24, 2.45) is 0 Å². The van der Waals surface area contributed by atoms with Crippen LogP contribution in [-0.2, 0) is 14.9 Å². The van der Waals surface area contributed by atoms with Gasteiger partial charge in [-0.1, -0.05) is 71.9 Å². The summed E-state index contributed by atoms with van der Waals surface area (Å²) in [6.07, 6.45) is 0.852. The highest BCUT2D eigenvalue weighted by molar-refractivity contribution is 6.00. The highest BCUT2D eigenvalue weighted by atomic mass is 16.6. The second kappa shape index (κ2) is 9.34. The molecule has 1 heterocycles. The van der Waals surface area contributed by atoms with Crippen LogP contribution in [0.4, 0.5) is 16.2 Å². The van der Waals surface area contributed by atoms with E-state index in [2.05, 4.69) is 5.16 Å². The fraction of sp³-hybridized carbons (Fsp3) is 0.207. The first-order chi connectivity index (χ1) is 17.4. The first-order valence-corrected chi connectivity index (χ1v) is 11.9. The number of carbonyl (C=O) groups is 2. The Morgan fingerprint density at radius 1 is 0.944 bits per heavy atom. The molecule has 1 aliphatic rings. The number of aromatic nitrogens is 1. The van der Waals surface area contributed by atoms with Crippen molar-refractivity contribution in [3.63, 3.8) is 0 Å². The van der Waals surface area contributed by atoms with Gasteiger partial charge >= 0.3 is 12.1 Å². The highest BCUT2D eigenvalue weighted by Gasteiger charge is 2.51. The second-order valence-electron chi connectivity index (χ2n) is 8.86. The maximum atomic E-state index is 13.0. The van der Waals surface area contributed by atoms with Gasteiger partial charge in [0.25, 0.3) is 0 Å². The summed E-state index contributed by atoms with van der Waals surface area (Å²) in [4.78, 5) is 26.0. The van der Waals surface area contributed by atoms with E-state index in [0.717, 1.165) is 22.3 Å². The average Bonchev–Trinajstić information content (AvgIpc) is 3.64. The van der Waals surface area contributed by atoms with E-state index in [1.54, 1.807) is 13.8 Å². The summed E-state index contributed by atoms with van der Waals surface area (Å²) in [5.74, 6) is -0.298. The van der Waals surface area contributed by atoms with E-state index in [9.17, 15) is 14.7 Å². The molecular weight excluding hydrogens is 456 g/mol. The lowest BCUT2D eigenvalue weighted by molar-refractivity contribution is -0.140. The minimum absolute atomic E-state index is 0.239. The number of carbonyl (C=O) groups excluding carboxylic acids is 1. The standard InChI is InChI=1S/C29H26N2O5/c1-3-35-28(34)31(24-7-5-4-6-8-24)25-19(2)30-36-26(25)22-11-9-20(10-12-22)21-13-15-23(16-14-21)29(17-18-29)27(32)33/h4-16H,3,17-18H2,1-2H3,(H,32,33). The predicted molar refractivity (Wildman–Crippen MR) is 136 cm³/mol. The van der Waals surface area contributed by atoms with Crippen LogP contribution in [0.3, 0.4) is 0 Å². The number of hydrogen-bond acceptors (Lipinski definition) is 5. The van der Waals surface area contributed by atoms with Gasteiger partial charge in [0.05, 0.1) is 17.7 Å². The Balaban J connectivity index is 1.47. The Morgan fingerprint density at radius 2 is 1.53 bits per heavy atom. The monoisotopic (exact) mass is 482 g/mol. The molecule has 0 spiro atoms. The molecule has 4 aromatic rings. The summed E-state index contributed by atoms with van der Waals surface area (Å²) < 4.78 is 11.0. The fourth-order valence-corrected chi connectivity index (χ4v) is 4.46. The summed E-state index contributed by atoms with van der Waals surface area (Å²) in [6.45, 7) is 3.79. The van der Waals surface area contributed by atoms with Gasteiger partial charge in [0.2, 0.25) is 0 Å². The molecule has 1 saturated carbocycles. The van der Waals surface area contributed by atoms with Gasteiger partial charge in [0, 0.05) is 5.56 Å². The van der Waals surface area contributed by atoms with Crippen LogP contribution in [0.1, 0.15) is 31.0 Å². The van der Waals surface area contributed by atoms with E-state index in [-0.39, 0.29) is 6.61 Å². The van der Waals surface area contributed by atoms with E-state index in [1.807, 2.05) is 78.9 Å². The van der Waals surface area contributed by atoms with Crippen molar-refractivity contribution >= 4 is 23.4 Å². The highest BCUT2D eigenvalue weighted by Crippen LogP contribution is 2.48. The van der Waals surface area contributed by atoms with Gasteiger partial charge in [-0.05, 0) is 55.5 Å². The maximum Gasteiger partial charge on any atom is 0.419 e. The zero-order valence-corrected chi connectivity index (χ0v) is 20.1. The van der Waals surface area contributed by atoms with E-state index in [1.165, 1.54) is 4.90 Å². The Labute approximate surface area is 208 Å². The molecule has 5 rings (SSSR count). The van der Waals surface area contributed by atoms with Gasteiger partial charge in [-0.2, -0.15) is 0 Å². The van der Waals surface area contributed by atoms with Crippen LogP contribution in [0.25, 0.3) is 22.5 Å². The number of anilines is 2. The molecule has 7 heteroatoms. The largest absolute Gasteiger partial charge is 0.481 e. The minimum atomic E-state index is -0.759. The lowest BCUT2D eigenvalue weighted by atomic mass is 9.93. The number of rotatable bonds is 7. The number of ether oxygens (including phenoxy) is 1. The third kappa shape index (κ3) is 4.13. The molecule has 1 amide bonds. The van der Waals surface area contributed by atoms with Crippen LogP contribution in [0.15, 0.2) is 83.4 Å². The molecule has 1 N–H and O–H groups in total. The molecule has 1 aliphatic carbocycles. The Morgan fingerprint density at radius 3 is 2.08 bits per heavy atom. The molecule has 182 valence electrons. The molecule has 0 unspecified atom stereocenters. The molecular formula is C29H26N2O5. The van der Waals surface area contributed by atoms with Gasteiger partial charge < -0.3 is 14.4 Å². The minimum Gasteiger partial charge on any atom is -0.481 e. The number of amides is 1. The third-order valence-electron chi connectivity index (χ3n) is 6.60.